The fourth-order valence-corrected chi connectivity index (χ4v) is 1.76. The quantitative estimate of drug-likeness (QED) is 0.525. The summed E-state index contributed by atoms with van der Waals surface area (Å²) in [5.41, 5.74) is 5.57. The second-order valence-electron chi connectivity index (χ2n) is 5.67. The Hall–Kier alpha value is -1.30. The monoisotopic (exact) mass is 316 g/mol. The van der Waals surface area contributed by atoms with Crippen molar-refractivity contribution < 1.29 is 0 Å². The van der Waals surface area contributed by atoms with E-state index >= 15 is 0 Å². The molecule has 0 heterocycles. The minimum absolute atomic E-state index is 1.11. The summed E-state index contributed by atoms with van der Waals surface area (Å²) in [4.78, 5) is 0. The highest BCUT2D eigenvalue weighted by molar-refractivity contribution is 5.79. The van der Waals surface area contributed by atoms with Crippen molar-refractivity contribution in [2.75, 3.05) is 0 Å². The molecule has 0 radical (unpaired) electrons. The van der Waals surface area contributed by atoms with Crippen molar-refractivity contribution in [3.05, 3.63) is 53.1 Å². The van der Waals surface area contributed by atoms with Gasteiger partial charge in [0, 0.05) is 0 Å². The van der Waals surface area contributed by atoms with Crippen molar-refractivity contribution in [3.8, 4) is 0 Å². The van der Waals surface area contributed by atoms with Crippen LogP contribution in [0.15, 0.2) is 42.0 Å². The van der Waals surface area contributed by atoms with E-state index in [1.165, 1.54) is 48.0 Å². The molecule has 0 N–H and O–H groups in total. The number of aryl methyl sites for hydroxylation is 1. The maximum Gasteiger partial charge on any atom is -0.0129 e. The number of unbranched alkanes of at least 4 members (excludes halogenated alkanes) is 2. The molecule has 0 saturated heterocycles. The van der Waals surface area contributed by atoms with Crippen LogP contribution in [0.25, 0.3) is 5.57 Å². The molecule has 0 amide bonds. The minimum atomic E-state index is 1.11. The molecular formula is C23H40. The highest BCUT2D eigenvalue weighted by Crippen LogP contribution is 2.27. The number of allylic oxidation sites excluding steroid dienone is 4. The summed E-state index contributed by atoms with van der Waals surface area (Å²) in [5, 5.41) is 0. The van der Waals surface area contributed by atoms with Crippen molar-refractivity contribution in [2.24, 2.45) is 0 Å². The molecule has 0 aromatic heterocycles. The molecule has 0 aliphatic heterocycles. The van der Waals surface area contributed by atoms with Crippen molar-refractivity contribution in [2.45, 2.75) is 87.5 Å². The predicted molar refractivity (Wildman–Crippen MR) is 110 cm³/mol. The van der Waals surface area contributed by atoms with Crippen LogP contribution in [0.3, 0.4) is 0 Å². The zero-order valence-electron chi connectivity index (χ0n) is 17.0. The molecule has 1 aromatic carbocycles. The largest absolute Gasteiger partial charge is 0.0798 e. The van der Waals surface area contributed by atoms with Gasteiger partial charge in [-0.3, -0.25) is 0 Å². The first-order valence-corrected chi connectivity index (χ1v) is 9.53. The normalized spacial score (nSPS) is 11.7. The number of hydrogen-bond acceptors (Lipinski definition) is 0. The van der Waals surface area contributed by atoms with E-state index < -0.39 is 0 Å². The topological polar surface area (TPSA) is 0 Å². The summed E-state index contributed by atoms with van der Waals surface area (Å²) in [6.07, 6.45) is 10.8. The zero-order valence-corrected chi connectivity index (χ0v) is 17.0. The van der Waals surface area contributed by atoms with Crippen LogP contribution in [-0.2, 0) is 0 Å². The molecule has 0 nitrogen and oxygen atoms in total. The van der Waals surface area contributed by atoms with Gasteiger partial charge in [-0.1, -0.05) is 115 Å². The summed E-state index contributed by atoms with van der Waals surface area (Å²) in [6, 6.07) is 8.69. The maximum atomic E-state index is 2.24. The van der Waals surface area contributed by atoms with Crippen LogP contribution in [0.2, 0.25) is 0 Å². The Bertz CT molecular complexity index is 427. The highest BCUT2D eigenvalue weighted by Gasteiger charge is 2.06. The van der Waals surface area contributed by atoms with E-state index in [1.54, 1.807) is 0 Å². The minimum Gasteiger partial charge on any atom is -0.0798 e. The summed E-state index contributed by atoms with van der Waals surface area (Å²) < 4.78 is 0. The van der Waals surface area contributed by atoms with E-state index in [-0.39, 0.29) is 0 Å². The Morgan fingerprint density at radius 3 is 1.70 bits per heavy atom. The van der Waals surface area contributed by atoms with Gasteiger partial charge in [0.2, 0.25) is 0 Å². The van der Waals surface area contributed by atoms with Crippen LogP contribution < -0.4 is 0 Å². The third-order valence-electron chi connectivity index (χ3n) is 3.50. The molecule has 1 aliphatic carbocycles. The summed E-state index contributed by atoms with van der Waals surface area (Å²) in [7, 11) is 0. The lowest BCUT2D eigenvalue weighted by molar-refractivity contribution is 0.886. The van der Waals surface area contributed by atoms with Gasteiger partial charge in [0.15, 0.2) is 0 Å². The van der Waals surface area contributed by atoms with Gasteiger partial charge in [-0.05, 0) is 31.4 Å². The Morgan fingerprint density at radius 1 is 0.826 bits per heavy atom. The van der Waals surface area contributed by atoms with E-state index in [1.807, 2.05) is 13.8 Å². The lowest BCUT2D eigenvalue weighted by Gasteiger charge is -2.03. The number of benzene rings is 1. The zero-order chi connectivity index (χ0) is 18.1. The summed E-state index contributed by atoms with van der Waals surface area (Å²) >= 11 is 0. The Labute approximate surface area is 146 Å². The van der Waals surface area contributed by atoms with E-state index in [4.69, 9.17) is 0 Å². The molecule has 132 valence electrons. The molecule has 0 spiro atoms. The van der Waals surface area contributed by atoms with Crippen LogP contribution in [0.5, 0.6) is 0 Å². The molecule has 23 heavy (non-hydrogen) atoms. The molecular weight excluding hydrogens is 276 g/mol. The Balaban J connectivity index is 0. The number of rotatable bonds is 3. The Kier molecular flexibility index (Phi) is 17.8. The van der Waals surface area contributed by atoms with Crippen molar-refractivity contribution in [1.82, 2.24) is 0 Å². The number of hydrogen-bond donors (Lipinski definition) is 0. The van der Waals surface area contributed by atoms with E-state index in [0.29, 0.717) is 0 Å². The van der Waals surface area contributed by atoms with Crippen LogP contribution in [-0.4, -0.2) is 0 Å². The van der Waals surface area contributed by atoms with Gasteiger partial charge in [0.05, 0.1) is 0 Å². The van der Waals surface area contributed by atoms with Crippen LogP contribution in [0, 0.1) is 6.92 Å². The lowest BCUT2D eigenvalue weighted by Crippen LogP contribution is -1.82. The SMILES string of the molecule is CC.CC1=C(c2cccc(C)c2)C=CC1.CCCC.CCCC. The van der Waals surface area contributed by atoms with Crippen LogP contribution >= 0.6 is 0 Å². The summed E-state index contributed by atoms with van der Waals surface area (Å²) in [5.74, 6) is 0. The average molecular weight is 317 g/mol. The Morgan fingerprint density at radius 2 is 1.35 bits per heavy atom. The summed E-state index contributed by atoms with van der Waals surface area (Å²) in [6.45, 7) is 17.1. The van der Waals surface area contributed by atoms with E-state index in [2.05, 4.69) is 78.0 Å². The molecule has 0 saturated carbocycles. The molecule has 0 fully saturated rings. The van der Waals surface area contributed by atoms with Gasteiger partial charge in [-0.2, -0.15) is 0 Å². The third-order valence-corrected chi connectivity index (χ3v) is 3.50. The van der Waals surface area contributed by atoms with Gasteiger partial charge < -0.3 is 0 Å². The van der Waals surface area contributed by atoms with Crippen molar-refractivity contribution in [1.29, 1.82) is 0 Å². The van der Waals surface area contributed by atoms with Gasteiger partial charge in [-0.25, -0.2) is 0 Å². The first-order chi connectivity index (χ1) is 11.1. The van der Waals surface area contributed by atoms with Gasteiger partial charge in [0.25, 0.3) is 0 Å². The first-order valence-electron chi connectivity index (χ1n) is 9.53. The molecule has 0 atom stereocenters. The second kappa shape index (κ2) is 17.1. The molecule has 0 unspecified atom stereocenters. The predicted octanol–water partition coefficient (Wildman–Crippen LogP) is 8.37. The standard InChI is InChI=1S/C13H14.2C4H10.C2H6/c1-10-5-3-7-12(9-10)13-8-4-6-11(13)2;2*1-3-4-2;1-2/h3-5,7-9H,6H2,1-2H3;2*3-4H2,1-2H3;1-2H3. The fourth-order valence-electron chi connectivity index (χ4n) is 1.76. The second-order valence-corrected chi connectivity index (χ2v) is 5.67. The van der Waals surface area contributed by atoms with Gasteiger partial charge >= 0.3 is 0 Å². The third kappa shape index (κ3) is 11.9. The molecule has 1 aromatic rings. The van der Waals surface area contributed by atoms with Crippen LogP contribution in [0.1, 0.15) is 91.7 Å². The van der Waals surface area contributed by atoms with Crippen molar-refractivity contribution >= 4 is 5.57 Å². The van der Waals surface area contributed by atoms with Crippen LogP contribution in [0.4, 0.5) is 0 Å². The molecule has 1 aliphatic rings. The highest BCUT2D eigenvalue weighted by atomic mass is 14.1. The average Bonchev–Trinajstić information content (AvgIpc) is 3.03. The first kappa shape index (κ1) is 24.0. The lowest BCUT2D eigenvalue weighted by atomic mass is 10.0. The fraction of sp³-hybridized carbons (Fsp3) is 0.565. The van der Waals surface area contributed by atoms with E-state index in [9.17, 15) is 0 Å². The van der Waals surface area contributed by atoms with Gasteiger partial charge in [0.1, 0.15) is 0 Å². The molecule has 0 bridgehead atoms. The molecule has 0 heteroatoms. The molecule has 2 rings (SSSR count). The van der Waals surface area contributed by atoms with Crippen molar-refractivity contribution in [3.63, 3.8) is 0 Å². The van der Waals surface area contributed by atoms with E-state index in [0.717, 1.165) is 6.42 Å². The smallest absolute Gasteiger partial charge is 0.0129 e. The van der Waals surface area contributed by atoms with Gasteiger partial charge in [-0.15, -0.1) is 0 Å². The maximum absolute atomic E-state index is 2.24.